The van der Waals surface area contributed by atoms with Gasteiger partial charge in [0.15, 0.2) is 5.69 Å². The lowest BCUT2D eigenvalue weighted by Crippen LogP contribution is -2.12. The van der Waals surface area contributed by atoms with Gasteiger partial charge < -0.3 is 4.74 Å². The van der Waals surface area contributed by atoms with Crippen molar-refractivity contribution < 1.29 is 22.7 Å². The van der Waals surface area contributed by atoms with Crippen LogP contribution in [0.4, 0.5) is 13.2 Å². The fraction of sp³-hybridized carbons (Fsp3) is 0.0909. The van der Waals surface area contributed by atoms with Gasteiger partial charge in [0.1, 0.15) is 0 Å². The number of rotatable bonds is 3. The van der Waals surface area contributed by atoms with Crippen LogP contribution in [0.5, 0.6) is 5.88 Å². The molecule has 0 atom stereocenters. The molecule has 0 radical (unpaired) electrons. The van der Waals surface area contributed by atoms with Gasteiger partial charge in [0.2, 0.25) is 5.88 Å². The van der Waals surface area contributed by atoms with Crippen molar-refractivity contribution in [3.8, 4) is 11.6 Å². The topological polar surface area (TPSA) is 44.1 Å². The summed E-state index contributed by atoms with van der Waals surface area (Å²) in [6.07, 6.45) is -4.67. The summed E-state index contributed by atoms with van der Waals surface area (Å²) in [4.78, 5) is 12.6. The largest absolute Gasteiger partial charge is 0.435 e. The van der Waals surface area contributed by atoms with Crippen LogP contribution >= 0.6 is 0 Å². The molecule has 0 bridgehead atoms. The maximum absolute atomic E-state index is 13.2. The number of nitrogens with zero attached hydrogens (tertiary/aromatic N) is 2. The Balaban J connectivity index is 1.73. The van der Waals surface area contributed by atoms with Gasteiger partial charge in [-0.3, -0.25) is 0 Å². The number of carbonyl (C=O) groups is 1. The van der Waals surface area contributed by atoms with E-state index in [1.807, 2.05) is 24.3 Å². The average molecular weight is 396 g/mol. The van der Waals surface area contributed by atoms with Gasteiger partial charge in [-0.25, -0.2) is 9.48 Å². The van der Waals surface area contributed by atoms with Gasteiger partial charge in [-0.1, -0.05) is 42.5 Å². The second-order valence-electron chi connectivity index (χ2n) is 6.57. The van der Waals surface area contributed by atoms with E-state index in [-0.39, 0.29) is 11.4 Å². The molecule has 0 aliphatic carbocycles. The fourth-order valence-electron chi connectivity index (χ4n) is 2.99. The minimum Gasteiger partial charge on any atom is -0.404 e. The molecule has 4 rings (SSSR count). The molecule has 1 aromatic heterocycles. The van der Waals surface area contributed by atoms with Crippen LogP contribution in [0.3, 0.4) is 0 Å². The van der Waals surface area contributed by atoms with Crippen LogP contribution in [-0.2, 0) is 6.18 Å². The molecule has 4 aromatic rings. The number of fused-ring (bicyclic) bond motifs is 1. The summed E-state index contributed by atoms with van der Waals surface area (Å²) in [6.45, 7) is 1.80. The molecule has 0 N–H and O–H groups in total. The number of aromatic nitrogens is 2. The van der Waals surface area contributed by atoms with E-state index in [1.165, 1.54) is 0 Å². The van der Waals surface area contributed by atoms with Crippen molar-refractivity contribution in [2.45, 2.75) is 13.1 Å². The summed E-state index contributed by atoms with van der Waals surface area (Å²) in [5.74, 6) is -1.07. The standard InChI is InChI=1S/C22H15F3N2O2/c1-14-5-4-8-18(11-14)27-20(13-19(26-27)22(23,24)25)29-21(28)17-10-9-15-6-2-3-7-16(15)12-17/h2-13H,1H3. The number of halogens is 3. The highest BCUT2D eigenvalue weighted by Gasteiger charge is 2.36. The van der Waals surface area contributed by atoms with Crippen LogP contribution in [0, 0.1) is 6.92 Å². The third kappa shape index (κ3) is 3.85. The quantitative estimate of drug-likeness (QED) is 0.425. The number of benzene rings is 3. The lowest BCUT2D eigenvalue weighted by molar-refractivity contribution is -0.141. The summed E-state index contributed by atoms with van der Waals surface area (Å²) >= 11 is 0. The number of esters is 1. The predicted octanol–water partition coefficient (Wildman–Crippen LogP) is 5.57. The number of hydrogen-bond acceptors (Lipinski definition) is 3. The number of aryl methyl sites for hydroxylation is 1. The molecule has 0 aliphatic rings. The van der Waals surface area contributed by atoms with Gasteiger partial charge in [-0.2, -0.15) is 18.3 Å². The van der Waals surface area contributed by atoms with Crippen molar-refractivity contribution in [1.82, 2.24) is 9.78 Å². The van der Waals surface area contributed by atoms with E-state index >= 15 is 0 Å². The van der Waals surface area contributed by atoms with Crippen LogP contribution in [0.15, 0.2) is 72.8 Å². The van der Waals surface area contributed by atoms with Crippen molar-refractivity contribution >= 4 is 16.7 Å². The van der Waals surface area contributed by atoms with Gasteiger partial charge >= 0.3 is 12.1 Å². The first-order valence-electron chi connectivity index (χ1n) is 8.76. The van der Waals surface area contributed by atoms with E-state index in [9.17, 15) is 18.0 Å². The van der Waals surface area contributed by atoms with Crippen molar-refractivity contribution in [2.24, 2.45) is 0 Å². The molecular formula is C22H15F3N2O2. The zero-order valence-electron chi connectivity index (χ0n) is 15.3. The van der Waals surface area contributed by atoms with Crippen LogP contribution < -0.4 is 4.74 Å². The third-order valence-electron chi connectivity index (χ3n) is 4.40. The lowest BCUT2D eigenvalue weighted by Gasteiger charge is -2.09. The molecule has 0 aliphatic heterocycles. The minimum absolute atomic E-state index is 0.231. The van der Waals surface area contributed by atoms with E-state index in [2.05, 4.69) is 5.10 Å². The van der Waals surface area contributed by atoms with Gasteiger partial charge in [-0.05, 0) is 47.5 Å². The highest BCUT2D eigenvalue weighted by atomic mass is 19.4. The van der Waals surface area contributed by atoms with Gasteiger partial charge in [-0.15, -0.1) is 0 Å². The molecule has 3 aromatic carbocycles. The number of carbonyl (C=O) groups excluding carboxylic acids is 1. The average Bonchev–Trinajstić information content (AvgIpc) is 3.12. The maximum atomic E-state index is 13.2. The first kappa shape index (κ1) is 18.7. The van der Waals surface area contributed by atoms with E-state index in [0.717, 1.165) is 27.1 Å². The Morgan fingerprint density at radius 2 is 1.69 bits per heavy atom. The molecule has 0 spiro atoms. The van der Waals surface area contributed by atoms with Gasteiger partial charge in [0.25, 0.3) is 0 Å². The molecule has 0 unspecified atom stereocenters. The summed E-state index contributed by atoms with van der Waals surface area (Å²) in [7, 11) is 0. The van der Waals surface area contributed by atoms with E-state index in [1.54, 1.807) is 49.4 Å². The summed E-state index contributed by atoms with van der Waals surface area (Å²) in [6, 6.07) is 19.9. The van der Waals surface area contributed by atoms with Crippen LogP contribution in [0.25, 0.3) is 16.5 Å². The van der Waals surface area contributed by atoms with E-state index < -0.39 is 17.8 Å². The maximum Gasteiger partial charge on any atom is 0.435 e. The fourth-order valence-corrected chi connectivity index (χ4v) is 2.99. The summed E-state index contributed by atoms with van der Waals surface area (Å²) in [5, 5.41) is 5.37. The predicted molar refractivity (Wildman–Crippen MR) is 102 cm³/mol. The van der Waals surface area contributed by atoms with Crippen LogP contribution in [0.2, 0.25) is 0 Å². The van der Waals surface area contributed by atoms with Crippen molar-refractivity contribution in [2.75, 3.05) is 0 Å². The zero-order valence-corrected chi connectivity index (χ0v) is 15.3. The van der Waals surface area contributed by atoms with Gasteiger partial charge in [0, 0.05) is 6.07 Å². The van der Waals surface area contributed by atoms with E-state index in [4.69, 9.17) is 4.74 Å². The number of ether oxygens (including phenoxy) is 1. The highest BCUT2D eigenvalue weighted by molar-refractivity contribution is 5.96. The van der Waals surface area contributed by atoms with Crippen molar-refractivity contribution in [3.63, 3.8) is 0 Å². The Kier molecular flexibility index (Phi) is 4.58. The SMILES string of the molecule is Cc1cccc(-n2nc(C(F)(F)F)cc2OC(=O)c2ccc3ccccc3c2)c1. The zero-order chi connectivity index (χ0) is 20.6. The first-order valence-corrected chi connectivity index (χ1v) is 8.76. The molecule has 0 fully saturated rings. The Bertz CT molecular complexity index is 1210. The molecule has 1 heterocycles. The molecule has 7 heteroatoms. The first-order chi connectivity index (χ1) is 13.8. The van der Waals surface area contributed by atoms with Crippen molar-refractivity contribution in [1.29, 1.82) is 0 Å². The second-order valence-corrected chi connectivity index (χ2v) is 6.57. The molecule has 0 amide bonds. The van der Waals surface area contributed by atoms with Gasteiger partial charge in [0.05, 0.1) is 11.3 Å². The number of hydrogen-bond donors (Lipinski definition) is 0. The Morgan fingerprint density at radius 1 is 0.931 bits per heavy atom. The highest BCUT2D eigenvalue weighted by Crippen LogP contribution is 2.32. The Hall–Kier alpha value is -3.61. The minimum atomic E-state index is -4.67. The Labute approximate surface area is 164 Å². The molecule has 29 heavy (non-hydrogen) atoms. The smallest absolute Gasteiger partial charge is 0.404 e. The molecule has 4 nitrogen and oxygen atoms in total. The monoisotopic (exact) mass is 396 g/mol. The molecule has 0 saturated carbocycles. The van der Waals surface area contributed by atoms with Crippen molar-refractivity contribution in [3.05, 3.63) is 89.6 Å². The normalized spacial score (nSPS) is 11.6. The third-order valence-corrected chi connectivity index (χ3v) is 4.40. The Morgan fingerprint density at radius 3 is 2.41 bits per heavy atom. The van der Waals surface area contributed by atoms with Crippen LogP contribution in [-0.4, -0.2) is 15.7 Å². The summed E-state index contributed by atoms with van der Waals surface area (Å²) in [5.41, 5.74) is 0.287. The second kappa shape index (κ2) is 7.09. The number of alkyl halides is 3. The lowest BCUT2D eigenvalue weighted by atomic mass is 10.1. The summed E-state index contributed by atoms with van der Waals surface area (Å²) < 4.78 is 45.9. The van der Waals surface area contributed by atoms with Crippen LogP contribution in [0.1, 0.15) is 21.6 Å². The molecular weight excluding hydrogens is 381 g/mol. The molecule has 0 saturated heterocycles. The van der Waals surface area contributed by atoms with E-state index in [0.29, 0.717) is 5.69 Å². The molecule has 146 valence electrons.